The number of aromatic nitrogens is 1. The molecular weight excluding hydrogens is 303 g/mol. The van der Waals surface area contributed by atoms with E-state index in [0.717, 1.165) is 31.9 Å². The molecule has 1 aliphatic rings. The van der Waals surface area contributed by atoms with Gasteiger partial charge in [0.15, 0.2) is 5.69 Å². The molecule has 2 heterocycles. The summed E-state index contributed by atoms with van der Waals surface area (Å²) >= 11 is 0. The van der Waals surface area contributed by atoms with Gasteiger partial charge in [-0.2, -0.15) is 13.2 Å². The molecule has 0 radical (unpaired) electrons. The SMILES string of the molecule is Cc1nc(C(F)(F)F)c(-c2ccccc2)cc1N1CCNCC1. The first kappa shape index (κ1) is 15.8. The largest absolute Gasteiger partial charge is 0.433 e. The molecule has 0 unspecified atom stereocenters. The first-order valence-corrected chi connectivity index (χ1v) is 7.57. The number of pyridine rings is 1. The van der Waals surface area contributed by atoms with Crippen LogP contribution in [0.2, 0.25) is 0 Å². The third-order valence-corrected chi connectivity index (χ3v) is 4.00. The highest BCUT2D eigenvalue weighted by Crippen LogP contribution is 2.38. The lowest BCUT2D eigenvalue weighted by Gasteiger charge is -2.31. The molecule has 1 aromatic heterocycles. The number of alkyl halides is 3. The van der Waals surface area contributed by atoms with Crippen molar-refractivity contribution in [3.8, 4) is 11.1 Å². The molecular formula is C17H18F3N3. The highest BCUT2D eigenvalue weighted by atomic mass is 19.4. The summed E-state index contributed by atoms with van der Waals surface area (Å²) in [6.45, 7) is 4.81. The van der Waals surface area contributed by atoms with Gasteiger partial charge < -0.3 is 10.2 Å². The topological polar surface area (TPSA) is 28.2 Å². The summed E-state index contributed by atoms with van der Waals surface area (Å²) in [4.78, 5) is 6.00. The van der Waals surface area contributed by atoms with Gasteiger partial charge in [-0.25, -0.2) is 4.98 Å². The molecule has 1 aliphatic heterocycles. The molecule has 122 valence electrons. The second-order valence-corrected chi connectivity index (χ2v) is 5.59. The van der Waals surface area contributed by atoms with E-state index in [2.05, 4.69) is 15.2 Å². The predicted octanol–water partition coefficient (Wildman–Crippen LogP) is 3.49. The number of piperazine rings is 1. The lowest BCUT2D eigenvalue weighted by Crippen LogP contribution is -2.44. The molecule has 0 saturated carbocycles. The summed E-state index contributed by atoms with van der Waals surface area (Å²) in [6, 6.07) is 10.3. The van der Waals surface area contributed by atoms with E-state index in [4.69, 9.17) is 0 Å². The molecule has 0 bridgehead atoms. The fraction of sp³-hybridized carbons (Fsp3) is 0.353. The van der Waals surface area contributed by atoms with E-state index in [1.165, 1.54) is 0 Å². The number of aryl methyl sites for hydroxylation is 1. The second-order valence-electron chi connectivity index (χ2n) is 5.59. The minimum absolute atomic E-state index is 0.136. The van der Waals surface area contributed by atoms with Crippen LogP contribution in [0.15, 0.2) is 36.4 Å². The summed E-state index contributed by atoms with van der Waals surface area (Å²) in [6.07, 6.45) is -4.47. The van der Waals surface area contributed by atoms with Crippen molar-refractivity contribution in [3.05, 3.63) is 47.8 Å². The zero-order valence-electron chi connectivity index (χ0n) is 12.8. The lowest BCUT2D eigenvalue weighted by molar-refractivity contribution is -0.140. The van der Waals surface area contributed by atoms with Gasteiger partial charge >= 0.3 is 6.18 Å². The Morgan fingerprint density at radius 3 is 2.35 bits per heavy atom. The molecule has 23 heavy (non-hydrogen) atoms. The van der Waals surface area contributed by atoms with Gasteiger partial charge in [-0.3, -0.25) is 0 Å². The molecule has 2 aromatic rings. The van der Waals surface area contributed by atoms with E-state index < -0.39 is 11.9 Å². The third kappa shape index (κ3) is 3.32. The van der Waals surface area contributed by atoms with E-state index in [-0.39, 0.29) is 5.56 Å². The summed E-state index contributed by atoms with van der Waals surface area (Å²) in [7, 11) is 0. The Kier molecular flexibility index (Phi) is 4.26. The maximum atomic E-state index is 13.4. The van der Waals surface area contributed by atoms with Gasteiger partial charge in [-0.15, -0.1) is 0 Å². The maximum absolute atomic E-state index is 13.4. The molecule has 1 saturated heterocycles. The van der Waals surface area contributed by atoms with E-state index in [1.807, 2.05) is 0 Å². The summed E-state index contributed by atoms with van der Waals surface area (Å²) in [5, 5.41) is 3.24. The maximum Gasteiger partial charge on any atom is 0.433 e. The molecule has 1 aromatic carbocycles. The number of halogens is 3. The Hall–Kier alpha value is -2.08. The molecule has 0 spiro atoms. The van der Waals surface area contributed by atoms with Crippen LogP contribution in [0.1, 0.15) is 11.4 Å². The Morgan fingerprint density at radius 1 is 1.09 bits per heavy atom. The van der Waals surface area contributed by atoms with E-state index in [9.17, 15) is 13.2 Å². The molecule has 1 fully saturated rings. The minimum Gasteiger partial charge on any atom is -0.368 e. The Labute approximate surface area is 133 Å². The van der Waals surface area contributed by atoms with Gasteiger partial charge in [0.05, 0.1) is 11.4 Å². The van der Waals surface area contributed by atoms with Crippen molar-refractivity contribution >= 4 is 5.69 Å². The Morgan fingerprint density at radius 2 is 1.74 bits per heavy atom. The number of benzene rings is 1. The third-order valence-electron chi connectivity index (χ3n) is 4.00. The van der Waals surface area contributed by atoms with Crippen LogP contribution in [-0.4, -0.2) is 31.2 Å². The first-order valence-electron chi connectivity index (χ1n) is 7.57. The monoisotopic (exact) mass is 321 g/mol. The van der Waals surface area contributed by atoms with Crippen LogP contribution in [-0.2, 0) is 6.18 Å². The molecule has 1 N–H and O–H groups in total. The van der Waals surface area contributed by atoms with Crippen LogP contribution >= 0.6 is 0 Å². The van der Waals surface area contributed by atoms with Gasteiger partial charge in [-0.1, -0.05) is 30.3 Å². The van der Waals surface area contributed by atoms with Crippen molar-refractivity contribution in [2.24, 2.45) is 0 Å². The number of hydrogen-bond donors (Lipinski definition) is 1. The van der Waals surface area contributed by atoms with Crippen molar-refractivity contribution < 1.29 is 13.2 Å². The number of anilines is 1. The average Bonchev–Trinajstić information content (AvgIpc) is 2.55. The number of rotatable bonds is 2. The highest BCUT2D eigenvalue weighted by Gasteiger charge is 2.36. The van der Waals surface area contributed by atoms with Crippen LogP contribution in [0.5, 0.6) is 0 Å². The van der Waals surface area contributed by atoms with Crippen LogP contribution in [0.3, 0.4) is 0 Å². The van der Waals surface area contributed by atoms with Crippen molar-refractivity contribution in [2.75, 3.05) is 31.1 Å². The van der Waals surface area contributed by atoms with Gasteiger partial charge in [0.1, 0.15) is 0 Å². The molecule has 3 nitrogen and oxygen atoms in total. The van der Waals surface area contributed by atoms with Crippen molar-refractivity contribution in [3.63, 3.8) is 0 Å². The van der Waals surface area contributed by atoms with E-state index >= 15 is 0 Å². The normalized spacial score (nSPS) is 15.7. The number of nitrogens with one attached hydrogen (secondary N) is 1. The smallest absolute Gasteiger partial charge is 0.368 e. The standard InChI is InChI=1S/C17H18F3N3/c1-12-15(23-9-7-21-8-10-23)11-14(13-5-3-2-4-6-13)16(22-12)17(18,19)20/h2-6,11,21H,7-10H2,1H3. The molecule has 0 amide bonds. The number of hydrogen-bond acceptors (Lipinski definition) is 3. The lowest BCUT2D eigenvalue weighted by atomic mass is 10.0. The summed E-state index contributed by atoms with van der Waals surface area (Å²) in [5.41, 5.74) is 1.04. The fourth-order valence-electron chi connectivity index (χ4n) is 2.87. The molecule has 0 atom stereocenters. The van der Waals surface area contributed by atoms with Crippen molar-refractivity contribution in [2.45, 2.75) is 13.1 Å². The Bertz CT molecular complexity index is 677. The van der Waals surface area contributed by atoms with E-state index in [1.54, 1.807) is 43.3 Å². The van der Waals surface area contributed by atoms with Crippen molar-refractivity contribution in [1.82, 2.24) is 10.3 Å². The zero-order chi connectivity index (χ0) is 16.4. The van der Waals surface area contributed by atoms with E-state index in [0.29, 0.717) is 11.3 Å². The zero-order valence-corrected chi connectivity index (χ0v) is 12.8. The second kappa shape index (κ2) is 6.20. The van der Waals surface area contributed by atoms with Gasteiger partial charge in [0, 0.05) is 31.7 Å². The molecule has 0 aliphatic carbocycles. The molecule has 6 heteroatoms. The van der Waals surface area contributed by atoms with Gasteiger partial charge in [0.2, 0.25) is 0 Å². The van der Waals surface area contributed by atoms with Crippen LogP contribution in [0.25, 0.3) is 11.1 Å². The average molecular weight is 321 g/mol. The summed E-state index contributed by atoms with van der Waals surface area (Å²) < 4.78 is 40.2. The van der Waals surface area contributed by atoms with Crippen LogP contribution < -0.4 is 10.2 Å². The number of nitrogens with zero attached hydrogens (tertiary/aromatic N) is 2. The van der Waals surface area contributed by atoms with Crippen molar-refractivity contribution in [1.29, 1.82) is 0 Å². The molecule has 3 rings (SSSR count). The van der Waals surface area contributed by atoms with Crippen LogP contribution in [0.4, 0.5) is 18.9 Å². The minimum atomic E-state index is -4.47. The highest BCUT2D eigenvalue weighted by molar-refractivity contribution is 5.72. The summed E-state index contributed by atoms with van der Waals surface area (Å²) in [5.74, 6) is 0. The predicted molar refractivity (Wildman–Crippen MR) is 84.5 cm³/mol. The van der Waals surface area contributed by atoms with Gasteiger partial charge in [-0.05, 0) is 18.6 Å². The van der Waals surface area contributed by atoms with Crippen LogP contribution in [0, 0.1) is 6.92 Å². The first-order chi connectivity index (χ1) is 11.0. The Balaban J connectivity index is 2.14. The fourth-order valence-corrected chi connectivity index (χ4v) is 2.87. The van der Waals surface area contributed by atoms with Gasteiger partial charge in [0.25, 0.3) is 0 Å². The quantitative estimate of drug-likeness (QED) is 0.918.